The highest BCUT2D eigenvalue weighted by Crippen LogP contribution is 2.24. The largest absolute Gasteiger partial charge is 0.497 e. The van der Waals surface area contributed by atoms with Crippen LogP contribution in [0.5, 0.6) is 5.75 Å². The van der Waals surface area contributed by atoms with Crippen molar-refractivity contribution in [3.63, 3.8) is 0 Å². The van der Waals surface area contributed by atoms with Crippen LogP contribution in [0.15, 0.2) is 77.6 Å². The highest BCUT2D eigenvalue weighted by molar-refractivity contribution is 5.80. The van der Waals surface area contributed by atoms with E-state index in [1.807, 2.05) is 54.6 Å². The van der Waals surface area contributed by atoms with E-state index in [2.05, 4.69) is 41.9 Å². The molecule has 30 heavy (non-hydrogen) atoms. The summed E-state index contributed by atoms with van der Waals surface area (Å²) in [6.07, 6.45) is 0. The first-order valence-corrected chi connectivity index (χ1v) is 10.1. The van der Waals surface area contributed by atoms with E-state index in [0.29, 0.717) is 13.1 Å². The quantitative estimate of drug-likeness (QED) is 0.475. The molecule has 0 amide bonds. The Morgan fingerprint density at radius 1 is 0.867 bits per heavy atom. The van der Waals surface area contributed by atoms with Crippen molar-refractivity contribution in [2.45, 2.75) is 26.9 Å². The Labute approximate surface area is 176 Å². The maximum atomic E-state index is 12.8. The Bertz CT molecular complexity index is 1210. The van der Waals surface area contributed by atoms with Gasteiger partial charge in [-0.1, -0.05) is 30.3 Å². The summed E-state index contributed by atoms with van der Waals surface area (Å²) < 4.78 is 5.30. The molecule has 4 aromatic rings. The number of nitrogens with one attached hydrogen (secondary N) is 1. The van der Waals surface area contributed by atoms with Gasteiger partial charge in [0.25, 0.3) is 5.56 Å². The van der Waals surface area contributed by atoms with Crippen LogP contribution in [0.3, 0.4) is 0 Å². The zero-order valence-electron chi connectivity index (χ0n) is 17.6. The van der Waals surface area contributed by atoms with Crippen LogP contribution in [0.1, 0.15) is 22.3 Å². The molecule has 0 saturated heterocycles. The molecule has 1 heterocycles. The summed E-state index contributed by atoms with van der Waals surface area (Å²) in [6, 6.07) is 24.5. The number of ether oxygens (including phenoxy) is 1. The molecule has 0 fully saturated rings. The maximum Gasteiger partial charge on any atom is 0.253 e. The number of aromatic amines is 1. The number of hydrogen-bond acceptors (Lipinski definition) is 3. The van der Waals surface area contributed by atoms with E-state index < -0.39 is 0 Å². The minimum absolute atomic E-state index is 0.0441. The number of anilines is 1. The average Bonchev–Trinajstić information content (AvgIpc) is 2.76. The molecule has 0 aliphatic rings. The van der Waals surface area contributed by atoms with Gasteiger partial charge in [-0.2, -0.15) is 0 Å². The molecule has 1 N–H and O–H groups in total. The number of methoxy groups -OCH3 is 1. The fourth-order valence-electron chi connectivity index (χ4n) is 3.68. The molecule has 0 spiro atoms. The van der Waals surface area contributed by atoms with Crippen LogP contribution in [0.25, 0.3) is 10.9 Å². The van der Waals surface area contributed by atoms with Crippen LogP contribution in [0.2, 0.25) is 0 Å². The van der Waals surface area contributed by atoms with Crippen LogP contribution in [-0.2, 0) is 13.1 Å². The molecule has 4 nitrogen and oxygen atoms in total. The van der Waals surface area contributed by atoms with Gasteiger partial charge in [0.2, 0.25) is 0 Å². The van der Waals surface area contributed by atoms with Crippen molar-refractivity contribution in [1.29, 1.82) is 0 Å². The summed E-state index contributed by atoms with van der Waals surface area (Å²) >= 11 is 0. The zero-order chi connectivity index (χ0) is 21.1. The minimum Gasteiger partial charge on any atom is -0.497 e. The predicted molar refractivity (Wildman–Crippen MR) is 123 cm³/mol. The number of fused-ring (bicyclic) bond motifs is 1. The van der Waals surface area contributed by atoms with Gasteiger partial charge in [0.15, 0.2) is 0 Å². The van der Waals surface area contributed by atoms with E-state index >= 15 is 0 Å². The number of pyridine rings is 1. The number of H-pyrrole nitrogens is 1. The van der Waals surface area contributed by atoms with E-state index in [-0.39, 0.29) is 5.56 Å². The van der Waals surface area contributed by atoms with Gasteiger partial charge in [-0.05, 0) is 78.4 Å². The second-order valence-corrected chi connectivity index (χ2v) is 7.69. The Balaban J connectivity index is 1.72. The van der Waals surface area contributed by atoms with Crippen molar-refractivity contribution in [3.05, 3.63) is 105 Å². The third-order valence-electron chi connectivity index (χ3n) is 5.55. The number of nitrogens with zero attached hydrogens (tertiary/aromatic N) is 1. The fraction of sp³-hybridized carbons (Fsp3) is 0.192. The van der Waals surface area contributed by atoms with Crippen LogP contribution in [0.4, 0.5) is 5.69 Å². The average molecular weight is 399 g/mol. The molecular formula is C26H26N2O2. The molecule has 0 aliphatic carbocycles. The number of aromatic nitrogens is 1. The van der Waals surface area contributed by atoms with Crippen molar-refractivity contribution in [2.75, 3.05) is 12.0 Å². The normalized spacial score (nSPS) is 10.9. The predicted octanol–water partition coefficient (Wildman–Crippen LogP) is 5.36. The van der Waals surface area contributed by atoms with Crippen molar-refractivity contribution in [1.82, 2.24) is 4.98 Å². The molecule has 3 aromatic carbocycles. The number of aryl methyl sites for hydroxylation is 2. The first-order chi connectivity index (χ1) is 14.5. The van der Waals surface area contributed by atoms with Crippen molar-refractivity contribution in [3.8, 4) is 5.75 Å². The monoisotopic (exact) mass is 398 g/mol. The van der Waals surface area contributed by atoms with Gasteiger partial charge in [-0.15, -0.1) is 0 Å². The number of benzene rings is 3. The van der Waals surface area contributed by atoms with Crippen molar-refractivity contribution >= 4 is 16.6 Å². The Morgan fingerprint density at radius 2 is 1.57 bits per heavy atom. The van der Waals surface area contributed by atoms with Gasteiger partial charge in [0.05, 0.1) is 7.11 Å². The lowest BCUT2D eigenvalue weighted by Gasteiger charge is -2.25. The molecule has 0 unspecified atom stereocenters. The fourth-order valence-corrected chi connectivity index (χ4v) is 3.68. The lowest BCUT2D eigenvalue weighted by molar-refractivity contribution is 0.415. The first-order valence-electron chi connectivity index (χ1n) is 10.1. The number of rotatable bonds is 6. The Hall–Kier alpha value is -3.53. The lowest BCUT2D eigenvalue weighted by atomic mass is 10.0. The summed E-state index contributed by atoms with van der Waals surface area (Å²) in [5, 5.41) is 1.06. The van der Waals surface area contributed by atoms with Gasteiger partial charge in [0.1, 0.15) is 5.75 Å². The topological polar surface area (TPSA) is 45.3 Å². The molecule has 0 radical (unpaired) electrons. The van der Waals surface area contributed by atoms with E-state index in [0.717, 1.165) is 27.9 Å². The summed E-state index contributed by atoms with van der Waals surface area (Å²) in [5.74, 6) is 0.813. The van der Waals surface area contributed by atoms with Gasteiger partial charge in [0, 0.05) is 29.9 Å². The first kappa shape index (κ1) is 19.8. The summed E-state index contributed by atoms with van der Waals surface area (Å²) in [5.41, 5.74) is 6.21. The van der Waals surface area contributed by atoms with Crippen LogP contribution in [-0.4, -0.2) is 12.1 Å². The second-order valence-electron chi connectivity index (χ2n) is 7.69. The Kier molecular flexibility index (Phi) is 5.57. The van der Waals surface area contributed by atoms with Crippen LogP contribution < -0.4 is 15.2 Å². The van der Waals surface area contributed by atoms with Crippen molar-refractivity contribution < 1.29 is 4.74 Å². The maximum absolute atomic E-state index is 12.8. The van der Waals surface area contributed by atoms with E-state index in [4.69, 9.17) is 4.74 Å². The summed E-state index contributed by atoms with van der Waals surface area (Å²) in [4.78, 5) is 18.1. The van der Waals surface area contributed by atoms with E-state index in [9.17, 15) is 4.79 Å². The minimum atomic E-state index is -0.0441. The SMILES string of the molecule is COc1ccc(N(Cc2ccccc2)Cc2cc3cc(C)c(C)cc3[nH]c2=O)cc1. The summed E-state index contributed by atoms with van der Waals surface area (Å²) in [6.45, 7) is 5.38. The molecule has 0 aliphatic heterocycles. The molecule has 152 valence electrons. The third kappa shape index (κ3) is 4.23. The second kappa shape index (κ2) is 8.46. The molecule has 4 heteroatoms. The standard InChI is InChI=1S/C26H26N2O2/c1-18-13-21-15-22(26(29)27-25(21)14-19(18)2)17-28(16-20-7-5-4-6-8-20)23-9-11-24(30-3)12-10-23/h4-15H,16-17H2,1-3H3,(H,27,29). The van der Waals surface area contributed by atoms with Crippen LogP contribution in [0, 0.1) is 13.8 Å². The van der Waals surface area contributed by atoms with Gasteiger partial charge in [-0.3, -0.25) is 4.79 Å². The van der Waals surface area contributed by atoms with Crippen LogP contribution >= 0.6 is 0 Å². The molecule has 0 atom stereocenters. The molecular weight excluding hydrogens is 372 g/mol. The van der Waals surface area contributed by atoms with Crippen molar-refractivity contribution in [2.24, 2.45) is 0 Å². The van der Waals surface area contributed by atoms with E-state index in [1.54, 1.807) is 7.11 Å². The van der Waals surface area contributed by atoms with Gasteiger partial charge < -0.3 is 14.6 Å². The Morgan fingerprint density at radius 3 is 2.27 bits per heavy atom. The number of hydrogen-bond donors (Lipinski definition) is 1. The lowest BCUT2D eigenvalue weighted by Crippen LogP contribution is -2.26. The van der Waals surface area contributed by atoms with Gasteiger partial charge in [-0.25, -0.2) is 0 Å². The molecule has 4 rings (SSSR count). The molecule has 0 bridgehead atoms. The molecule has 1 aromatic heterocycles. The molecule has 0 saturated carbocycles. The highest BCUT2D eigenvalue weighted by atomic mass is 16.5. The third-order valence-corrected chi connectivity index (χ3v) is 5.55. The van der Waals surface area contributed by atoms with Gasteiger partial charge >= 0.3 is 0 Å². The highest BCUT2D eigenvalue weighted by Gasteiger charge is 2.13. The zero-order valence-corrected chi connectivity index (χ0v) is 17.6. The smallest absolute Gasteiger partial charge is 0.253 e. The summed E-state index contributed by atoms with van der Waals surface area (Å²) in [7, 11) is 1.66. The van der Waals surface area contributed by atoms with E-state index in [1.165, 1.54) is 16.7 Å².